The largest absolute Gasteiger partial charge is 0.452 e. The molecule has 0 radical (unpaired) electrons. The van der Waals surface area contributed by atoms with Gasteiger partial charge in [0.25, 0.3) is 0 Å². The fourth-order valence-corrected chi connectivity index (χ4v) is 9.21. The van der Waals surface area contributed by atoms with E-state index in [9.17, 15) is 0 Å². The molecule has 0 saturated carbocycles. The Morgan fingerprint density at radius 3 is 1.39 bits per heavy atom. The SMILES string of the molecule is c1cc(-c2cccc(-c3ncnc4c3oc3ccc(-c5cccc(-c6ccc7c(c6)Cc6ccccc6-7)c5)cc34)c2)cc(-c2ccc3c(c2)Cc2ccccc2-3)c1. The Morgan fingerprint density at radius 2 is 0.807 bits per heavy atom. The molecule has 3 heteroatoms. The van der Waals surface area contributed by atoms with Crippen molar-refractivity contribution < 1.29 is 4.42 Å². The van der Waals surface area contributed by atoms with Gasteiger partial charge in [0.2, 0.25) is 0 Å². The third kappa shape index (κ3) is 5.27. The molecule has 0 N–H and O–H groups in total. The molecule has 266 valence electrons. The topological polar surface area (TPSA) is 38.9 Å². The molecule has 2 heterocycles. The zero-order valence-electron chi connectivity index (χ0n) is 31.0. The molecular formula is C54H34N2O. The maximum Gasteiger partial charge on any atom is 0.180 e. The Morgan fingerprint density at radius 1 is 0.351 bits per heavy atom. The quantitative estimate of drug-likeness (QED) is 0.177. The van der Waals surface area contributed by atoms with Gasteiger partial charge in [-0.05, 0) is 132 Å². The lowest BCUT2D eigenvalue weighted by Crippen LogP contribution is -1.88. The van der Waals surface area contributed by atoms with Gasteiger partial charge in [-0.15, -0.1) is 0 Å². The number of furan rings is 1. The van der Waals surface area contributed by atoms with Gasteiger partial charge in [-0.2, -0.15) is 0 Å². The standard InChI is InChI=1S/C54H34N2O/c1-3-16-46-41(8-1)29-44-27-38(18-21-48(44)46)34-11-5-10-33(24-34)37-14-7-15-43(26-37)52-54-53(56-32-55-52)50-31-40(20-23-51(50)57-54)36-13-6-12-35(25-36)39-19-22-49-45(28-39)30-42-9-2-4-17-47(42)49/h1-28,31-32H,29-30H2. The molecule has 12 rings (SSSR count). The molecule has 2 aliphatic carbocycles. The summed E-state index contributed by atoms with van der Waals surface area (Å²) in [7, 11) is 0. The molecule has 3 nitrogen and oxygen atoms in total. The fraction of sp³-hybridized carbons (Fsp3) is 0.0370. The van der Waals surface area contributed by atoms with E-state index in [-0.39, 0.29) is 0 Å². The summed E-state index contributed by atoms with van der Waals surface area (Å²) in [4.78, 5) is 9.55. The van der Waals surface area contributed by atoms with Crippen molar-refractivity contribution in [1.29, 1.82) is 0 Å². The fourth-order valence-electron chi connectivity index (χ4n) is 9.21. The zero-order chi connectivity index (χ0) is 37.5. The number of hydrogen-bond donors (Lipinski definition) is 0. The molecule has 0 fully saturated rings. The van der Waals surface area contributed by atoms with Crippen molar-refractivity contribution in [2.45, 2.75) is 12.8 Å². The monoisotopic (exact) mass is 726 g/mol. The Balaban J connectivity index is 0.862. The van der Waals surface area contributed by atoms with E-state index in [1.54, 1.807) is 6.33 Å². The lowest BCUT2D eigenvalue weighted by Gasteiger charge is -2.10. The molecule has 0 atom stereocenters. The van der Waals surface area contributed by atoms with Crippen molar-refractivity contribution >= 4 is 22.1 Å². The van der Waals surface area contributed by atoms with Crippen LogP contribution in [-0.4, -0.2) is 9.97 Å². The van der Waals surface area contributed by atoms with Crippen LogP contribution >= 0.6 is 0 Å². The average molecular weight is 727 g/mol. The lowest BCUT2D eigenvalue weighted by atomic mass is 9.95. The first-order chi connectivity index (χ1) is 28.2. The molecular weight excluding hydrogens is 693 g/mol. The minimum absolute atomic E-state index is 0.697. The Kier molecular flexibility index (Phi) is 7.05. The number of benzene rings is 8. The molecule has 10 aromatic rings. The van der Waals surface area contributed by atoms with Crippen LogP contribution in [0.2, 0.25) is 0 Å². The second-order valence-electron chi connectivity index (χ2n) is 15.4. The van der Waals surface area contributed by atoms with E-state index in [4.69, 9.17) is 14.4 Å². The van der Waals surface area contributed by atoms with Crippen LogP contribution in [0.4, 0.5) is 0 Å². The summed E-state index contributed by atoms with van der Waals surface area (Å²) in [5.41, 5.74) is 24.5. The molecule has 57 heavy (non-hydrogen) atoms. The van der Waals surface area contributed by atoms with Crippen molar-refractivity contribution in [3.63, 3.8) is 0 Å². The number of hydrogen-bond acceptors (Lipinski definition) is 3. The van der Waals surface area contributed by atoms with Gasteiger partial charge < -0.3 is 4.42 Å². The number of fused-ring (bicyclic) bond motifs is 9. The minimum Gasteiger partial charge on any atom is -0.452 e. The van der Waals surface area contributed by atoms with Crippen LogP contribution in [0, 0.1) is 0 Å². The Bertz CT molecular complexity index is 3260. The third-order valence-electron chi connectivity index (χ3n) is 12.0. The molecule has 0 amide bonds. The first-order valence-electron chi connectivity index (χ1n) is 19.6. The molecule has 0 unspecified atom stereocenters. The predicted octanol–water partition coefficient (Wildman–Crippen LogP) is 13.9. The molecule has 0 bridgehead atoms. The van der Waals surface area contributed by atoms with E-state index < -0.39 is 0 Å². The van der Waals surface area contributed by atoms with E-state index in [1.807, 2.05) is 0 Å². The summed E-state index contributed by atoms with van der Waals surface area (Å²) in [5.74, 6) is 0. The molecule has 0 saturated heterocycles. The summed E-state index contributed by atoms with van der Waals surface area (Å²) in [6, 6.07) is 63.9. The Labute approximate surface area is 330 Å². The molecule has 0 spiro atoms. The van der Waals surface area contributed by atoms with Gasteiger partial charge in [-0.3, -0.25) is 0 Å². The van der Waals surface area contributed by atoms with Crippen molar-refractivity contribution in [3.8, 4) is 78.0 Å². The van der Waals surface area contributed by atoms with E-state index in [2.05, 4.69) is 176 Å². The lowest BCUT2D eigenvalue weighted by molar-refractivity contribution is 0.667. The highest BCUT2D eigenvalue weighted by Gasteiger charge is 2.21. The van der Waals surface area contributed by atoms with Gasteiger partial charge in [0, 0.05) is 10.9 Å². The van der Waals surface area contributed by atoms with E-state index in [0.29, 0.717) is 5.58 Å². The normalized spacial score (nSPS) is 12.4. The summed E-state index contributed by atoms with van der Waals surface area (Å²) >= 11 is 0. The van der Waals surface area contributed by atoms with E-state index in [0.717, 1.165) is 62.8 Å². The molecule has 2 aliphatic rings. The second kappa shape index (κ2) is 12.6. The van der Waals surface area contributed by atoms with Gasteiger partial charge in [0.15, 0.2) is 5.58 Å². The van der Waals surface area contributed by atoms with Gasteiger partial charge >= 0.3 is 0 Å². The number of nitrogens with zero attached hydrogens (tertiary/aromatic N) is 2. The van der Waals surface area contributed by atoms with Gasteiger partial charge in [0.05, 0.1) is 0 Å². The van der Waals surface area contributed by atoms with E-state index >= 15 is 0 Å². The number of aromatic nitrogens is 2. The summed E-state index contributed by atoms with van der Waals surface area (Å²) in [6.07, 6.45) is 3.62. The van der Waals surface area contributed by atoms with Crippen LogP contribution in [0.1, 0.15) is 22.3 Å². The maximum atomic E-state index is 6.55. The van der Waals surface area contributed by atoms with Crippen molar-refractivity contribution in [2.75, 3.05) is 0 Å². The summed E-state index contributed by atoms with van der Waals surface area (Å²) in [6.45, 7) is 0. The van der Waals surface area contributed by atoms with E-state index in [1.165, 1.54) is 66.8 Å². The minimum atomic E-state index is 0.697. The molecule has 8 aromatic carbocycles. The molecule has 2 aromatic heterocycles. The van der Waals surface area contributed by atoms with Crippen LogP contribution in [0.25, 0.3) is 100 Å². The summed E-state index contributed by atoms with van der Waals surface area (Å²) in [5, 5.41) is 0.980. The third-order valence-corrected chi connectivity index (χ3v) is 12.0. The van der Waals surface area contributed by atoms with Crippen LogP contribution in [0.15, 0.2) is 187 Å². The van der Waals surface area contributed by atoms with Crippen molar-refractivity contribution in [1.82, 2.24) is 9.97 Å². The maximum absolute atomic E-state index is 6.55. The highest BCUT2D eigenvalue weighted by Crippen LogP contribution is 2.42. The summed E-state index contributed by atoms with van der Waals surface area (Å²) < 4.78 is 6.55. The Hall–Kier alpha value is -7.36. The van der Waals surface area contributed by atoms with Gasteiger partial charge in [-0.25, -0.2) is 9.97 Å². The van der Waals surface area contributed by atoms with Crippen molar-refractivity contribution in [3.05, 3.63) is 205 Å². The smallest absolute Gasteiger partial charge is 0.180 e. The first kappa shape index (κ1) is 31.9. The second-order valence-corrected chi connectivity index (χ2v) is 15.4. The average Bonchev–Trinajstić information content (AvgIpc) is 3.97. The zero-order valence-corrected chi connectivity index (χ0v) is 31.0. The van der Waals surface area contributed by atoms with Crippen LogP contribution in [0.5, 0.6) is 0 Å². The molecule has 0 aliphatic heterocycles. The van der Waals surface area contributed by atoms with Crippen LogP contribution in [0.3, 0.4) is 0 Å². The van der Waals surface area contributed by atoms with Crippen molar-refractivity contribution in [2.24, 2.45) is 0 Å². The van der Waals surface area contributed by atoms with Crippen LogP contribution < -0.4 is 0 Å². The van der Waals surface area contributed by atoms with Crippen LogP contribution in [-0.2, 0) is 12.8 Å². The highest BCUT2D eigenvalue weighted by atomic mass is 16.3. The number of rotatable bonds is 5. The highest BCUT2D eigenvalue weighted by molar-refractivity contribution is 6.07. The van der Waals surface area contributed by atoms with Gasteiger partial charge in [0.1, 0.15) is 23.1 Å². The predicted molar refractivity (Wildman–Crippen MR) is 233 cm³/mol. The first-order valence-corrected chi connectivity index (χ1v) is 19.6. The van der Waals surface area contributed by atoms with Gasteiger partial charge in [-0.1, -0.05) is 146 Å².